The van der Waals surface area contributed by atoms with Crippen molar-refractivity contribution in [3.8, 4) is 0 Å². The van der Waals surface area contributed by atoms with Crippen molar-refractivity contribution >= 4 is 28.6 Å². The van der Waals surface area contributed by atoms with E-state index in [-0.39, 0.29) is 15.5 Å². The maximum absolute atomic E-state index is 11.7. The quantitative estimate of drug-likeness (QED) is 0.482. The van der Waals surface area contributed by atoms with E-state index < -0.39 is 0 Å². The third-order valence-corrected chi connectivity index (χ3v) is 4.03. The van der Waals surface area contributed by atoms with Crippen molar-refractivity contribution in [1.29, 1.82) is 0 Å². The summed E-state index contributed by atoms with van der Waals surface area (Å²) in [4.78, 5) is 11.7. The molecule has 1 rings (SSSR count). The Kier molecular flexibility index (Phi) is 5.25. The van der Waals surface area contributed by atoms with Gasteiger partial charge in [-0.1, -0.05) is 22.6 Å². The molecular formula is C13H24INO2. The van der Waals surface area contributed by atoms with Gasteiger partial charge in [0.25, 0.3) is 0 Å². The van der Waals surface area contributed by atoms with Crippen molar-refractivity contribution in [1.82, 2.24) is 5.32 Å². The summed E-state index contributed by atoms with van der Waals surface area (Å²) in [6.07, 6.45) is 2.14. The third kappa shape index (κ3) is 4.39. The minimum atomic E-state index is -0.360. The van der Waals surface area contributed by atoms with Gasteiger partial charge in [-0.15, -0.1) is 0 Å². The molecule has 0 aromatic carbocycles. The Morgan fingerprint density at radius 1 is 1.35 bits per heavy atom. The summed E-state index contributed by atoms with van der Waals surface area (Å²) in [5, 5.41) is 3.52. The molecule has 1 heterocycles. The summed E-state index contributed by atoms with van der Waals surface area (Å²) in [6.45, 7) is 10.3. The van der Waals surface area contributed by atoms with Gasteiger partial charge in [0.1, 0.15) is 9.53 Å². The minimum absolute atomic E-state index is 0.0802. The van der Waals surface area contributed by atoms with Gasteiger partial charge in [0.2, 0.25) is 0 Å². The lowest BCUT2D eigenvalue weighted by Gasteiger charge is -2.41. The number of carbonyl (C=O) groups is 1. The lowest BCUT2D eigenvalue weighted by Crippen LogP contribution is -2.50. The summed E-state index contributed by atoms with van der Waals surface area (Å²) in [6, 6.07) is 0.998. The van der Waals surface area contributed by atoms with E-state index in [0.717, 1.165) is 12.8 Å². The average Bonchev–Trinajstić information content (AvgIpc) is 2.15. The van der Waals surface area contributed by atoms with Crippen LogP contribution in [0.5, 0.6) is 0 Å². The van der Waals surface area contributed by atoms with Gasteiger partial charge in [-0.25, -0.2) is 0 Å². The highest BCUT2D eigenvalue weighted by molar-refractivity contribution is 14.1. The molecule has 0 spiro atoms. The second kappa shape index (κ2) is 5.87. The summed E-state index contributed by atoms with van der Waals surface area (Å²) >= 11 is 2.10. The topological polar surface area (TPSA) is 38.3 Å². The van der Waals surface area contributed by atoms with Crippen molar-refractivity contribution in [2.24, 2.45) is 5.92 Å². The highest BCUT2D eigenvalue weighted by Crippen LogP contribution is 2.33. The summed E-state index contributed by atoms with van der Waals surface area (Å²) in [7, 11) is 0. The summed E-state index contributed by atoms with van der Waals surface area (Å²) < 4.78 is 5.58. The first-order valence-electron chi connectivity index (χ1n) is 6.35. The van der Waals surface area contributed by atoms with Crippen LogP contribution in [0.15, 0.2) is 0 Å². The van der Waals surface area contributed by atoms with E-state index in [1.165, 1.54) is 0 Å². The van der Waals surface area contributed by atoms with Gasteiger partial charge >= 0.3 is 5.97 Å². The van der Waals surface area contributed by atoms with E-state index in [1.54, 1.807) is 0 Å². The van der Waals surface area contributed by atoms with E-state index in [2.05, 4.69) is 41.8 Å². The molecule has 100 valence electrons. The first-order valence-corrected chi connectivity index (χ1v) is 7.60. The number of esters is 1. The second-order valence-corrected chi connectivity index (χ2v) is 7.65. The van der Waals surface area contributed by atoms with E-state index in [0.29, 0.717) is 18.0 Å². The maximum atomic E-state index is 11.7. The smallest absolute Gasteiger partial charge is 0.319 e. The van der Waals surface area contributed by atoms with Gasteiger partial charge in [0.05, 0.1) is 0 Å². The molecule has 1 fully saturated rings. The molecule has 1 aliphatic heterocycles. The van der Waals surface area contributed by atoms with Gasteiger partial charge in [0.15, 0.2) is 0 Å². The SMILES string of the molecule is CC1CC(C(C)(C)OC(=O)C(C)I)CC(C)N1. The first-order chi connectivity index (χ1) is 7.72. The van der Waals surface area contributed by atoms with E-state index >= 15 is 0 Å². The Morgan fingerprint density at radius 3 is 2.24 bits per heavy atom. The minimum Gasteiger partial charge on any atom is -0.459 e. The van der Waals surface area contributed by atoms with Crippen LogP contribution in [-0.4, -0.2) is 27.6 Å². The predicted molar refractivity (Wildman–Crippen MR) is 78.4 cm³/mol. The Labute approximate surface area is 118 Å². The lowest BCUT2D eigenvalue weighted by molar-refractivity contribution is -0.162. The zero-order valence-electron chi connectivity index (χ0n) is 11.4. The molecule has 0 radical (unpaired) electrons. The number of alkyl halides is 1. The van der Waals surface area contributed by atoms with Crippen molar-refractivity contribution in [2.75, 3.05) is 0 Å². The van der Waals surface area contributed by atoms with Gasteiger partial charge in [-0.05, 0) is 47.5 Å². The van der Waals surface area contributed by atoms with Crippen LogP contribution in [0.4, 0.5) is 0 Å². The van der Waals surface area contributed by atoms with Crippen LogP contribution in [-0.2, 0) is 9.53 Å². The Morgan fingerprint density at radius 2 is 1.82 bits per heavy atom. The molecule has 0 amide bonds. The summed E-state index contributed by atoms with van der Waals surface area (Å²) in [5.74, 6) is 0.335. The molecule has 1 saturated heterocycles. The molecule has 0 saturated carbocycles. The molecule has 0 aromatic heterocycles. The standard InChI is InChI=1S/C13H24INO2/c1-8-6-11(7-9(2)15-8)13(4,5)17-12(16)10(3)14/h8-11,15H,6-7H2,1-5H3. The number of hydrogen-bond donors (Lipinski definition) is 1. The monoisotopic (exact) mass is 353 g/mol. The van der Waals surface area contributed by atoms with Crippen LogP contribution in [0.3, 0.4) is 0 Å². The van der Waals surface area contributed by atoms with Gasteiger partial charge in [-0.2, -0.15) is 0 Å². The molecule has 0 aromatic rings. The second-order valence-electron chi connectivity index (χ2n) is 5.78. The molecule has 0 bridgehead atoms. The van der Waals surface area contributed by atoms with Gasteiger partial charge < -0.3 is 10.1 Å². The zero-order valence-corrected chi connectivity index (χ0v) is 13.6. The molecule has 3 unspecified atom stereocenters. The predicted octanol–water partition coefficient (Wildman–Crippen LogP) is 2.91. The van der Waals surface area contributed by atoms with Gasteiger partial charge in [-0.3, -0.25) is 4.79 Å². The van der Waals surface area contributed by atoms with Crippen LogP contribution in [0.1, 0.15) is 47.5 Å². The largest absolute Gasteiger partial charge is 0.459 e. The summed E-state index contributed by atoms with van der Waals surface area (Å²) in [5.41, 5.74) is -0.360. The van der Waals surface area contributed by atoms with Crippen molar-refractivity contribution in [2.45, 2.75) is 69.1 Å². The van der Waals surface area contributed by atoms with E-state index in [9.17, 15) is 4.79 Å². The number of hydrogen-bond acceptors (Lipinski definition) is 3. The molecule has 1 aliphatic rings. The lowest BCUT2D eigenvalue weighted by atomic mass is 9.78. The van der Waals surface area contributed by atoms with E-state index in [1.807, 2.05) is 20.8 Å². The molecule has 4 heteroatoms. The normalized spacial score (nSPS) is 32.0. The molecule has 3 nitrogen and oxygen atoms in total. The number of halogens is 1. The highest BCUT2D eigenvalue weighted by atomic mass is 127. The van der Waals surface area contributed by atoms with Crippen molar-refractivity contribution in [3.63, 3.8) is 0 Å². The maximum Gasteiger partial charge on any atom is 0.319 e. The number of ether oxygens (including phenoxy) is 1. The van der Waals surface area contributed by atoms with Crippen molar-refractivity contribution < 1.29 is 9.53 Å². The van der Waals surface area contributed by atoms with Crippen LogP contribution >= 0.6 is 22.6 Å². The van der Waals surface area contributed by atoms with Crippen LogP contribution in [0, 0.1) is 5.92 Å². The fourth-order valence-electron chi connectivity index (χ4n) is 2.56. The van der Waals surface area contributed by atoms with Crippen LogP contribution in [0.2, 0.25) is 0 Å². The number of rotatable bonds is 3. The Hall–Kier alpha value is 0.160. The number of carbonyl (C=O) groups excluding carboxylic acids is 1. The fraction of sp³-hybridized carbons (Fsp3) is 0.923. The average molecular weight is 353 g/mol. The van der Waals surface area contributed by atoms with Crippen LogP contribution in [0.25, 0.3) is 0 Å². The first kappa shape index (κ1) is 15.2. The van der Waals surface area contributed by atoms with E-state index in [4.69, 9.17) is 4.74 Å². The zero-order chi connectivity index (χ0) is 13.2. The molecule has 1 N–H and O–H groups in total. The Balaban J connectivity index is 2.65. The molecular weight excluding hydrogens is 329 g/mol. The number of piperidine rings is 1. The molecule has 0 aliphatic carbocycles. The third-order valence-electron chi connectivity index (χ3n) is 3.52. The van der Waals surface area contributed by atoms with Crippen molar-refractivity contribution in [3.05, 3.63) is 0 Å². The van der Waals surface area contributed by atoms with Gasteiger partial charge in [0, 0.05) is 18.0 Å². The molecule has 3 atom stereocenters. The molecule has 17 heavy (non-hydrogen) atoms. The fourth-order valence-corrected chi connectivity index (χ4v) is 2.69. The highest BCUT2D eigenvalue weighted by Gasteiger charge is 2.38. The Bertz CT molecular complexity index is 269. The number of nitrogens with one attached hydrogen (secondary N) is 1. The van der Waals surface area contributed by atoms with Crippen LogP contribution < -0.4 is 5.32 Å².